The Labute approximate surface area is 85.9 Å². The van der Waals surface area contributed by atoms with E-state index in [4.69, 9.17) is 0 Å². The fraction of sp³-hybridized carbons (Fsp3) is 0.273. The van der Waals surface area contributed by atoms with Crippen LogP contribution in [0.25, 0.3) is 0 Å². The van der Waals surface area contributed by atoms with Gasteiger partial charge in [-0.1, -0.05) is 36.4 Å². The number of rotatable bonds is 3. The van der Waals surface area contributed by atoms with Gasteiger partial charge in [-0.2, -0.15) is 13.2 Å². The quantitative estimate of drug-likeness (QED) is 0.769. The van der Waals surface area contributed by atoms with Gasteiger partial charge in [0.05, 0.1) is 6.10 Å². The fourth-order valence-corrected chi connectivity index (χ4v) is 1.14. The second-order valence-corrected chi connectivity index (χ2v) is 3.11. The SMILES string of the molecule is OC(C/C=C/C(F)(F)F)c1ccccc1. The van der Waals surface area contributed by atoms with Crippen LogP contribution in [-0.4, -0.2) is 11.3 Å². The highest BCUT2D eigenvalue weighted by Gasteiger charge is 2.21. The molecule has 0 amide bonds. The second-order valence-electron chi connectivity index (χ2n) is 3.11. The molecule has 1 nitrogen and oxygen atoms in total. The van der Waals surface area contributed by atoms with Crippen LogP contribution in [0.5, 0.6) is 0 Å². The van der Waals surface area contributed by atoms with E-state index in [1.807, 2.05) is 0 Å². The molecule has 4 heteroatoms. The number of allylic oxidation sites excluding steroid dienone is 1. The first-order valence-corrected chi connectivity index (χ1v) is 4.46. The van der Waals surface area contributed by atoms with Crippen molar-refractivity contribution in [2.75, 3.05) is 0 Å². The van der Waals surface area contributed by atoms with Crippen molar-refractivity contribution in [3.63, 3.8) is 0 Å². The zero-order valence-electron chi connectivity index (χ0n) is 7.91. The highest BCUT2D eigenvalue weighted by Crippen LogP contribution is 2.20. The summed E-state index contributed by atoms with van der Waals surface area (Å²) < 4.78 is 35.2. The maximum Gasteiger partial charge on any atom is 0.409 e. The Morgan fingerprint density at radius 2 is 1.80 bits per heavy atom. The molecule has 0 aromatic heterocycles. The van der Waals surface area contributed by atoms with Crippen LogP contribution in [-0.2, 0) is 0 Å². The van der Waals surface area contributed by atoms with E-state index in [2.05, 4.69) is 0 Å². The molecule has 1 aromatic carbocycles. The van der Waals surface area contributed by atoms with Crippen LogP contribution in [0.15, 0.2) is 42.5 Å². The largest absolute Gasteiger partial charge is 0.409 e. The third kappa shape index (κ3) is 4.65. The first-order chi connectivity index (χ1) is 6.99. The van der Waals surface area contributed by atoms with Gasteiger partial charge < -0.3 is 5.11 Å². The van der Waals surface area contributed by atoms with Gasteiger partial charge >= 0.3 is 6.18 Å². The first kappa shape index (κ1) is 11.8. The second kappa shape index (κ2) is 4.98. The minimum atomic E-state index is -4.31. The number of benzene rings is 1. The van der Waals surface area contributed by atoms with E-state index >= 15 is 0 Å². The molecule has 1 rings (SSSR count). The molecule has 82 valence electrons. The summed E-state index contributed by atoms with van der Waals surface area (Å²) in [5.74, 6) is 0. The van der Waals surface area contributed by atoms with Crippen LogP contribution < -0.4 is 0 Å². The van der Waals surface area contributed by atoms with E-state index in [1.165, 1.54) is 0 Å². The molecule has 0 radical (unpaired) electrons. The maximum absolute atomic E-state index is 11.7. The number of alkyl halides is 3. The van der Waals surface area contributed by atoms with Crippen molar-refractivity contribution >= 4 is 0 Å². The third-order valence-corrected chi connectivity index (χ3v) is 1.85. The number of hydrogen-bond donors (Lipinski definition) is 1. The molecule has 0 fully saturated rings. The van der Waals surface area contributed by atoms with E-state index in [-0.39, 0.29) is 12.5 Å². The molecule has 15 heavy (non-hydrogen) atoms. The van der Waals surface area contributed by atoms with Gasteiger partial charge in [-0.3, -0.25) is 0 Å². The van der Waals surface area contributed by atoms with Crippen molar-refractivity contribution in [3.8, 4) is 0 Å². The lowest BCUT2D eigenvalue weighted by atomic mass is 10.1. The Kier molecular flexibility index (Phi) is 3.91. The van der Waals surface area contributed by atoms with Crippen LogP contribution in [0, 0.1) is 0 Å². The Morgan fingerprint density at radius 1 is 1.20 bits per heavy atom. The lowest BCUT2D eigenvalue weighted by Gasteiger charge is -2.07. The summed E-state index contributed by atoms with van der Waals surface area (Å²) in [4.78, 5) is 0. The summed E-state index contributed by atoms with van der Waals surface area (Å²) >= 11 is 0. The Hall–Kier alpha value is -1.29. The average Bonchev–Trinajstić information content (AvgIpc) is 2.17. The molecule has 1 atom stereocenters. The molecule has 0 aliphatic carbocycles. The molecule has 0 saturated carbocycles. The van der Waals surface area contributed by atoms with Crippen molar-refractivity contribution in [2.45, 2.75) is 18.7 Å². The van der Waals surface area contributed by atoms with Crippen molar-refractivity contribution in [3.05, 3.63) is 48.0 Å². The summed E-state index contributed by atoms with van der Waals surface area (Å²) in [6.45, 7) is 0. The minimum Gasteiger partial charge on any atom is -0.388 e. The minimum absolute atomic E-state index is 0.0382. The van der Waals surface area contributed by atoms with Crippen molar-refractivity contribution in [1.29, 1.82) is 0 Å². The Morgan fingerprint density at radius 3 is 2.33 bits per heavy atom. The summed E-state index contributed by atoms with van der Waals surface area (Å²) in [6, 6.07) is 8.58. The van der Waals surface area contributed by atoms with E-state index in [1.54, 1.807) is 30.3 Å². The van der Waals surface area contributed by atoms with Gasteiger partial charge in [0.1, 0.15) is 0 Å². The van der Waals surface area contributed by atoms with Crippen LogP contribution in [0.4, 0.5) is 13.2 Å². The van der Waals surface area contributed by atoms with E-state index in [0.29, 0.717) is 5.56 Å². The van der Waals surface area contributed by atoms with Gasteiger partial charge in [0.2, 0.25) is 0 Å². The Balaban J connectivity index is 2.51. The molecule has 0 bridgehead atoms. The molecule has 0 saturated heterocycles. The first-order valence-electron chi connectivity index (χ1n) is 4.46. The smallest absolute Gasteiger partial charge is 0.388 e. The van der Waals surface area contributed by atoms with E-state index in [9.17, 15) is 18.3 Å². The fourth-order valence-electron chi connectivity index (χ4n) is 1.14. The molecule has 1 N–H and O–H groups in total. The number of halogens is 3. The van der Waals surface area contributed by atoms with Gasteiger partial charge in [-0.25, -0.2) is 0 Å². The summed E-state index contributed by atoms with van der Waals surface area (Å²) in [5, 5.41) is 9.50. The van der Waals surface area contributed by atoms with Crippen molar-refractivity contribution in [1.82, 2.24) is 0 Å². The zero-order valence-corrected chi connectivity index (χ0v) is 7.91. The number of aliphatic hydroxyl groups excluding tert-OH is 1. The van der Waals surface area contributed by atoms with Gasteiger partial charge in [0, 0.05) is 6.08 Å². The van der Waals surface area contributed by atoms with Crippen LogP contribution in [0.3, 0.4) is 0 Å². The number of aliphatic hydroxyl groups is 1. The highest BCUT2D eigenvalue weighted by molar-refractivity contribution is 5.17. The molecule has 0 heterocycles. The van der Waals surface area contributed by atoms with Gasteiger partial charge in [-0.05, 0) is 12.0 Å². The highest BCUT2D eigenvalue weighted by atomic mass is 19.4. The lowest BCUT2D eigenvalue weighted by Crippen LogP contribution is -2.01. The predicted molar refractivity (Wildman–Crippen MR) is 51.2 cm³/mol. The molecule has 1 unspecified atom stereocenters. The van der Waals surface area contributed by atoms with Crippen molar-refractivity contribution in [2.24, 2.45) is 0 Å². The van der Waals surface area contributed by atoms with Crippen LogP contribution in [0.1, 0.15) is 18.1 Å². The third-order valence-electron chi connectivity index (χ3n) is 1.85. The number of hydrogen-bond acceptors (Lipinski definition) is 1. The molecule has 0 aliphatic rings. The van der Waals surface area contributed by atoms with Crippen LogP contribution >= 0.6 is 0 Å². The van der Waals surface area contributed by atoms with E-state index < -0.39 is 12.3 Å². The van der Waals surface area contributed by atoms with Gasteiger partial charge in [-0.15, -0.1) is 0 Å². The topological polar surface area (TPSA) is 20.2 Å². The summed E-state index contributed by atoms with van der Waals surface area (Å²) in [6.07, 6.45) is -4.17. The molecule has 1 aromatic rings. The molecule has 0 spiro atoms. The predicted octanol–water partition coefficient (Wildman–Crippen LogP) is 3.23. The lowest BCUT2D eigenvalue weighted by molar-refractivity contribution is -0.0801. The molecule has 0 aliphatic heterocycles. The molecular formula is C11H11F3O. The maximum atomic E-state index is 11.7. The van der Waals surface area contributed by atoms with Gasteiger partial charge in [0.15, 0.2) is 0 Å². The average molecular weight is 216 g/mol. The monoisotopic (exact) mass is 216 g/mol. The van der Waals surface area contributed by atoms with E-state index in [0.717, 1.165) is 6.08 Å². The van der Waals surface area contributed by atoms with Gasteiger partial charge in [0.25, 0.3) is 0 Å². The molecular weight excluding hydrogens is 205 g/mol. The Bertz CT molecular complexity index is 316. The summed E-state index contributed by atoms with van der Waals surface area (Å²) in [5.41, 5.74) is 0.615. The van der Waals surface area contributed by atoms with Crippen LogP contribution in [0.2, 0.25) is 0 Å². The summed E-state index contributed by atoms with van der Waals surface area (Å²) in [7, 11) is 0. The van der Waals surface area contributed by atoms with Crippen molar-refractivity contribution < 1.29 is 18.3 Å². The standard InChI is InChI=1S/C11H11F3O/c12-11(13,14)8-4-7-10(15)9-5-2-1-3-6-9/h1-6,8,10,15H,7H2/b8-4+. The zero-order chi connectivity index (χ0) is 11.3. The normalized spacial score (nSPS) is 14.4.